The average molecular weight is 372 g/mol. The summed E-state index contributed by atoms with van der Waals surface area (Å²) in [6.07, 6.45) is 9.95. The predicted octanol–water partition coefficient (Wildman–Crippen LogP) is 3.83. The molecule has 0 amide bonds. The zero-order valence-corrected chi connectivity index (χ0v) is 16.5. The van der Waals surface area contributed by atoms with Crippen LogP contribution in [0.15, 0.2) is 36.0 Å². The summed E-state index contributed by atoms with van der Waals surface area (Å²) < 4.78 is 16.8. The van der Waals surface area contributed by atoms with Crippen LogP contribution >= 0.6 is 0 Å². The van der Waals surface area contributed by atoms with E-state index in [0.29, 0.717) is 6.42 Å². The summed E-state index contributed by atoms with van der Waals surface area (Å²) in [4.78, 5) is 24.4. The molecule has 0 aromatic carbocycles. The second-order valence-electron chi connectivity index (χ2n) is 9.67. The molecule has 0 spiro atoms. The lowest BCUT2D eigenvalue weighted by molar-refractivity contribution is -0.131. The van der Waals surface area contributed by atoms with Crippen LogP contribution < -0.4 is 0 Å². The van der Waals surface area contributed by atoms with Gasteiger partial charge in [-0.1, -0.05) is 38.5 Å². The number of carbonyl (C=O) groups excluding carboxylic acids is 2. The van der Waals surface area contributed by atoms with Crippen LogP contribution in [0.2, 0.25) is 0 Å². The highest BCUT2D eigenvalue weighted by Gasteiger charge is 2.67. The number of hydrogen-bond donors (Lipinski definition) is 1. The van der Waals surface area contributed by atoms with Crippen LogP contribution in [-0.2, 0) is 9.59 Å². The van der Waals surface area contributed by atoms with Crippen molar-refractivity contribution >= 4 is 11.6 Å². The van der Waals surface area contributed by atoms with Gasteiger partial charge in [0.1, 0.15) is 12.3 Å². The molecule has 4 rings (SSSR count). The first-order chi connectivity index (χ1) is 12.6. The van der Waals surface area contributed by atoms with Gasteiger partial charge in [0.05, 0.1) is 0 Å². The van der Waals surface area contributed by atoms with Crippen LogP contribution in [0.1, 0.15) is 40.5 Å². The van der Waals surface area contributed by atoms with Gasteiger partial charge < -0.3 is 5.11 Å². The van der Waals surface area contributed by atoms with Crippen molar-refractivity contribution in [3.8, 4) is 0 Å². The molecule has 1 N–H and O–H groups in total. The number of ketones is 2. The Bertz CT molecular complexity index is 795. The summed E-state index contributed by atoms with van der Waals surface area (Å²) in [7, 11) is 0. The number of halogens is 1. The Kier molecular flexibility index (Phi) is 3.99. The second-order valence-corrected chi connectivity index (χ2v) is 9.67. The molecule has 8 atom stereocenters. The topological polar surface area (TPSA) is 54.4 Å². The molecule has 3 nitrogen and oxygen atoms in total. The first kappa shape index (κ1) is 18.8. The molecule has 0 aromatic heterocycles. The standard InChI is InChI=1S/C23H29FO3/c1-13-9-18-17-10-14(2)20(19(27)12-25)21(17,3)7-8-23(18,24)22(4)6-5-15(26)11-16(13)22/h5-8,11,13-14,17-18,20,25H,9-10,12H2,1-4H3/t13?,14?,17-,18-,20+,21-,22-,23+/m0/s1. The number of Topliss-reactive ketones (excluding diaryl/α,β-unsaturated/α-hetero) is 1. The Labute approximate surface area is 160 Å². The Morgan fingerprint density at radius 1 is 1.19 bits per heavy atom. The highest BCUT2D eigenvalue weighted by atomic mass is 19.1. The van der Waals surface area contributed by atoms with Crippen LogP contribution in [0.5, 0.6) is 0 Å². The molecule has 0 bridgehead atoms. The number of carbonyl (C=O) groups is 2. The molecule has 2 saturated carbocycles. The molecule has 4 aliphatic rings. The van der Waals surface area contributed by atoms with Crippen LogP contribution in [0.25, 0.3) is 0 Å². The summed E-state index contributed by atoms with van der Waals surface area (Å²) in [6, 6.07) is 0. The molecular formula is C23H29FO3. The number of aliphatic hydroxyl groups is 1. The maximum Gasteiger partial charge on any atom is 0.178 e. The fourth-order valence-corrected chi connectivity index (χ4v) is 7.04. The van der Waals surface area contributed by atoms with Crippen molar-refractivity contribution in [1.82, 2.24) is 0 Å². The molecule has 2 unspecified atom stereocenters. The first-order valence-corrected chi connectivity index (χ1v) is 10.1. The summed E-state index contributed by atoms with van der Waals surface area (Å²) in [5, 5.41) is 9.47. The van der Waals surface area contributed by atoms with Gasteiger partial charge in [0, 0.05) is 17.3 Å². The maximum atomic E-state index is 16.8. The van der Waals surface area contributed by atoms with E-state index in [2.05, 4.69) is 13.8 Å². The van der Waals surface area contributed by atoms with E-state index in [1.54, 1.807) is 18.2 Å². The highest BCUT2D eigenvalue weighted by Crippen LogP contribution is 2.68. The zero-order valence-electron chi connectivity index (χ0n) is 16.5. The van der Waals surface area contributed by atoms with E-state index in [0.717, 1.165) is 12.0 Å². The summed E-state index contributed by atoms with van der Waals surface area (Å²) in [5.74, 6) is -0.383. The van der Waals surface area contributed by atoms with E-state index in [9.17, 15) is 14.7 Å². The molecule has 146 valence electrons. The third-order valence-electron chi connectivity index (χ3n) is 8.29. The zero-order chi connectivity index (χ0) is 19.8. The van der Waals surface area contributed by atoms with E-state index in [1.807, 2.05) is 19.9 Å². The van der Waals surface area contributed by atoms with Gasteiger partial charge in [0.2, 0.25) is 0 Å². The van der Waals surface area contributed by atoms with Crippen molar-refractivity contribution in [2.24, 2.45) is 40.4 Å². The fraction of sp³-hybridized carbons (Fsp3) is 0.652. The fourth-order valence-electron chi connectivity index (χ4n) is 7.04. The van der Waals surface area contributed by atoms with Gasteiger partial charge in [-0.2, -0.15) is 0 Å². The lowest BCUT2D eigenvalue weighted by Gasteiger charge is -2.58. The molecule has 0 heterocycles. The van der Waals surface area contributed by atoms with E-state index in [4.69, 9.17) is 0 Å². The Morgan fingerprint density at radius 2 is 1.89 bits per heavy atom. The normalized spacial score (nSPS) is 50.7. The minimum Gasteiger partial charge on any atom is -0.389 e. The van der Waals surface area contributed by atoms with Crippen LogP contribution in [0, 0.1) is 40.4 Å². The predicted molar refractivity (Wildman–Crippen MR) is 102 cm³/mol. The minimum atomic E-state index is -1.57. The van der Waals surface area contributed by atoms with Crippen molar-refractivity contribution in [2.75, 3.05) is 6.61 Å². The molecule has 4 heteroatoms. The Morgan fingerprint density at radius 3 is 2.56 bits per heavy atom. The van der Waals surface area contributed by atoms with Gasteiger partial charge in [0.15, 0.2) is 11.6 Å². The monoisotopic (exact) mass is 372 g/mol. The van der Waals surface area contributed by atoms with Gasteiger partial charge in [-0.05, 0) is 61.2 Å². The molecule has 2 fully saturated rings. The highest BCUT2D eigenvalue weighted by molar-refractivity contribution is 6.01. The summed E-state index contributed by atoms with van der Waals surface area (Å²) in [6.45, 7) is 7.65. The summed E-state index contributed by atoms with van der Waals surface area (Å²) >= 11 is 0. The van der Waals surface area contributed by atoms with Crippen LogP contribution in [0.4, 0.5) is 4.39 Å². The van der Waals surface area contributed by atoms with E-state index in [-0.39, 0.29) is 41.2 Å². The quantitative estimate of drug-likeness (QED) is 0.750. The van der Waals surface area contributed by atoms with Crippen molar-refractivity contribution in [3.63, 3.8) is 0 Å². The number of hydrogen-bond acceptors (Lipinski definition) is 3. The van der Waals surface area contributed by atoms with Gasteiger partial charge in [-0.25, -0.2) is 4.39 Å². The average Bonchev–Trinajstić information content (AvgIpc) is 2.89. The maximum absolute atomic E-state index is 16.8. The van der Waals surface area contributed by atoms with E-state index in [1.165, 1.54) is 6.08 Å². The number of alkyl halides is 1. The SMILES string of the molecule is CC1C[C@H]2[C@@H]3CC(C)[C@H](C(=O)CO)[C@@]3(C)C=C[C@]2(F)[C@@]2(C)C=CC(=O)C=C12. The summed E-state index contributed by atoms with van der Waals surface area (Å²) in [5.41, 5.74) is -1.94. The molecule has 4 aliphatic carbocycles. The van der Waals surface area contributed by atoms with Gasteiger partial charge in [-0.3, -0.25) is 9.59 Å². The number of rotatable bonds is 2. The smallest absolute Gasteiger partial charge is 0.178 e. The number of allylic oxidation sites excluding steroid dienone is 6. The second kappa shape index (κ2) is 5.73. The molecule has 27 heavy (non-hydrogen) atoms. The van der Waals surface area contributed by atoms with Crippen LogP contribution in [-0.4, -0.2) is 28.9 Å². The molecule has 0 aliphatic heterocycles. The first-order valence-electron chi connectivity index (χ1n) is 10.1. The molecule has 0 aromatic rings. The molecular weight excluding hydrogens is 343 g/mol. The largest absolute Gasteiger partial charge is 0.389 e. The Hall–Kier alpha value is -1.55. The van der Waals surface area contributed by atoms with Gasteiger partial charge >= 0.3 is 0 Å². The lowest BCUT2D eigenvalue weighted by atomic mass is 9.47. The van der Waals surface area contributed by atoms with Crippen molar-refractivity contribution in [3.05, 3.63) is 36.0 Å². The number of fused-ring (bicyclic) bond motifs is 5. The van der Waals surface area contributed by atoms with Crippen molar-refractivity contribution in [2.45, 2.75) is 46.2 Å². The third kappa shape index (κ3) is 2.22. The Balaban J connectivity index is 1.85. The van der Waals surface area contributed by atoms with Gasteiger partial charge in [0.25, 0.3) is 0 Å². The minimum absolute atomic E-state index is 0.0508. The van der Waals surface area contributed by atoms with Crippen LogP contribution in [0.3, 0.4) is 0 Å². The molecule has 0 radical (unpaired) electrons. The lowest BCUT2D eigenvalue weighted by Crippen LogP contribution is -2.59. The van der Waals surface area contributed by atoms with Crippen molar-refractivity contribution < 1.29 is 19.1 Å². The number of aliphatic hydroxyl groups excluding tert-OH is 1. The molecule has 0 saturated heterocycles. The van der Waals surface area contributed by atoms with E-state index < -0.39 is 23.1 Å². The van der Waals surface area contributed by atoms with Gasteiger partial charge in [-0.15, -0.1) is 0 Å². The van der Waals surface area contributed by atoms with E-state index >= 15 is 4.39 Å². The van der Waals surface area contributed by atoms with Crippen molar-refractivity contribution in [1.29, 1.82) is 0 Å². The third-order valence-corrected chi connectivity index (χ3v) is 8.29.